The Morgan fingerprint density at radius 2 is 1.46 bits per heavy atom. The highest BCUT2D eigenvalue weighted by Crippen LogP contribution is 2.29. The van der Waals surface area contributed by atoms with E-state index in [1.807, 2.05) is 6.07 Å². The van der Waals surface area contributed by atoms with Crippen LogP contribution in [0.25, 0.3) is 0 Å². The average Bonchev–Trinajstić information content (AvgIpc) is 2.84. The topological polar surface area (TPSA) is 135 Å². The lowest BCUT2D eigenvalue weighted by Gasteiger charge is -2.16. The minimum atomic E-state index is -4.05. The fraction of sp³-hybridized carbons (Fsp3) is 0.167. The Labute approximate surface area is 203 Å². The van der Waals surface area contributed by atoms with Crippen molar-refractivity contribution in [1.29, 1.82) is 0 Å². The van der Waals surface area contributed by atoms with Crippen molar-refractivity contribution in [2.24, 2.45) is 0 Å². The van der Waals surface area contributed by atoms with E-state index in [2.05, 4.69) is 20.7 Å². The molecule has 184 valence electrons. The summed E-state index contributed by atoms with van der Waals surface area (Å²) in [5.74, 6) is 0.137. The van der Waals surface area contributed by atoms with Crippen LogP contribution in [0.3, 0.4) is 0 Å². The molecule has 3 aromatic rings. The number of urea groups is 1. The molecule has 10 nitrogen and oxygen atoms in total. The second kappa shape index (κ2) is 11.3. The molecular weight excluding hydrogens is 472 g/mol. The maximum Gasteiger partial charge on any atom is 0.319 e. The Bertz CT molecular complexity index is 1280. The third-order valence-electron chi connectivity index (χ3n) is 4.84. The molecular formula is C24H26N4O6S. The summed E-state index contributed by atoms with van der Waals surface area (Å²) in [6, 6.07) is 17.9. The Hall–Kier alpha value is -4.25. The van der Waals surface area contributed by atoms with Gasteiger partial charge in [-0.3, -0.25) is 9.52 Å². The third-order valence-corrected chi connectivity index (χ3v) is 6.24. The van der Waals surface area contributed by atoms with Crippen molar-refractivity contribution in [1.82, 2.24) is 5.32 Å². The lowest BCUT2D eigenvalue weighted by Crippen LogP contribution is -2.43. The van der Waals surface area contributed by atoms with E-state index >= 15 is 0 Å². The van der Waals surface area contributed by atoms with E-state index in [1.165, 1.54) is 39.3 Å². The highest BCUT2D eigenvalue weighted by Gasteiger charge is 2.22. The van der Waals surface area contributed by atoms with Crippen LogP contribution in [0.2, 0.25) is 0 Å². The van der Waals surface area contributed by atoms with Gasteiger partial charge in [0.1, 0.15) is 22.4 Å². The number of hydrogen-bond donors (Lipinski definition) is 4. The maximum atomic E-state index is 13.0. The summed E-state index contributed by atoms with van der Waals surface area (Å²) in [6.45, 7) is 1.51. The van der Waals surface area contributed by atoms with Gasteiger partial charge in [0, 0.05) is 17.1 Å². The van der Waals surface area contributed by atoms with Crippen molar-refractivity contribution in [3.8, 4) is 11.5 Å². The summed E-state index contributed by atoms with van der Waals surface area (Å²) in [7, 11) is -1.20. The van der Waals surface area contributed by atoms with E-state index in [0.717, 1.165) is 0 Å². The van der Waals surface area contributed by atoms with Crippen LogP contribution in [0.15, 0.2) is 77.7 Å². The molecule has 0 radical (unpaired) electrons. The summed E-state index contributed by atoms with van der Waals surface area (Å²) < 4.78 is 38.8. The van der Waals surface area contributed by atoms with Gasteiger partial charge in [-0.05, 0) is 61.5 Å². The van der Waals surface area contributed by atoms with Crippen LogP contribution >= 0.6 is 0 Å². The molecule has 0 aliphatic rings. The minimum Gasteiger partial charge on any atom is -0.497 e. The van der Waals surface area contributed by atoms with Crippen LogP contribution in [0.4, 0.5) is 21.9 Å². The number of para-hydroxylation sites is 1. The van der Waals surface area contributed by atoms with Crippen LogP contribution in [0, 0.1) is 0 Å². The van der Waals surface area contributed by atoms with Gasteiger partial charge in [0.2, 0.25) is 5.91 Å². The van der Waals surface area contributed by atoms with Crippen LogP contribution in [-0.4, -0.2) is 40.6 Å². The van der Waals surface area contributed by atoms with Crippen molar-refractivity contribution >= 4 is 39.0 Å². The molecule has 0 aliphatic carbocycles. The normalized spacial score (nSPS) is 11.6. The van der Waals surface area contributed by atoms with Gasteiger partial charge in [0.05, 0.1) is 14.2 Å². The van der Waals surface area contributed by atoms with Crippen molar-refractivity contribution in [2.45, 2.75) is 17.9 Å². The second-order valence-corrected chi connectivity index (χ2v) is 9.03. The molecule has 35 heavy (non-hydrogen) atoms. The molecule has 0 bridgehead atoms. The smallest absolute Gasteiger partial charge is 0.319 e. The minimum absolute atomic E-state index is 0.0948. The van der Waals surface area contributed by atoms with E-state index in [1.54, 1.807) is 48.5 Å². The number of rotatable bonds is 9. The van der Waals surface area contributed by atoms with Gasteiger partial charge in [0.15, 0.2) is 0 Å². The summed E-state index contributed by atoms with van der Waals surface area (Å²) in [5, 5.41) is 7.76. The molecule has 0 saturated heterocycles. The van der Waals surface area contributed by atoms with E-state index in [4.69, 9.17) is 9.47 Å². The van der Waals surface area contributed by atoms with E-state index in [-0.39, 0.29) is 16.3 Å². The van der Waals surface area contributed by atoms with Crippen LogP contribution in [0.1, 0.15) is 6.92 Å². The van der Waals surface area contributed by atoms with Gasteiger partial charge < -0.3 is 25.4 Å². The molecule has 4 N–H and O–H groups in total. The van der Waals surface area contributed by atoms with E-state index in [9.17, 15) is 18.0 Å². The second-order valence-electron chi connectivity index (χ2n) is 7.38. The first-order chi connectivity index (χ1) is 16.7. The summed E-state index contributed by atoms with van der Waals surface area (Å²) in [5.41, 5.74) is 1.11. The number of hydrogen-bond acceptors (Lipinski definition) is 6. The average molecular weight is 499 g/mol. The predicted molar refractivity (Wildman–Crippen MR) is 133 cm³/mol. The first-order valence-electron chi connectivity index (χ1n) is 10.5. The molecule has 0 heterocycles. The monoisotopic (exact) mass is 498 g/mol. The number of benzene rings is 3. The molecule has 3 aromatic carbocycles. The molecule has 0 aliphatic heterocycles. The first kappa shape index (κ1) is 25.4. The predicted octanol–water partition coefficient (Wildman–Crippen LogP) is 3.65. The summed E-state index contributed by atoms with van der Waals surface area (Å²) in [4.78, 5) is 24.6. The Morgan fingerprint density at radius 3 is 2.09 bits per heavy atom. The number of sulfonamides is 1. The molecule has 1 atom stereocenters. The number of carbonyl (C=O) groups is 2. The van der Waals surface area contributed by atoms with Gasteiger partial charge in [-0.25, -0.2) is 13.2 Å². The molecule has 0 fully saturated rings. The van der Waals surface area contributed by atoms with Crippen LogP contribution in [-0.2, 0) is 14.8 Å². The third kappa shape index (κ3) is 6.87. The van der Waals surface area contributed by atoms with E-state index < -0.39 is 28.0 Å². The number of methoxy groups -OCH3 is 2. The number of ether oxygens (including phenoxy) is 2. The van der Waals surface area contributed by atoms with Crippen LogP contribution < -0.4 is 30.1 Å². The van der Waals surface area contributed by atoms with Gasteiger partial charge in [-0.15, -0.1) is 0 Å². The molecule has 3 amide bonds. The number of nitrogens with one attached hydrogen (secondary N) is 4. The van der Waals surface area contributed by atoms with Gasteiger partial charge in [-0.1, -0.05) is 18.2 Å². The Kier molecular flexibility index (Phi) is 8.16. The Morgan fingerprint density at radius 1 is 0.800 bits per heavy atom. The Balaban J connectivity index is 1.71. The highest BCUT2D eigenvalue weighted by atomic mass is 32.2. The summed E-state index contributed by atoms with van der Waals surface area (Å²) in [6.07, 6.45) is 0. The zero-order valence-electron chi connectivity index (χ0n) is 19.4. The molecule has 0 saturated carbocycles. The zero-order chi connectivity index (χ0) is 25.4. The summed E-state index contributed by atoms with van der Waals surface area (Å²) >= 11 is 0. The van der Waals surface area contributed by atoms with Crippen molar-refractivity contribution in [3.63, 3.8) is 0 Å². The number of carbonyl (C=O) groups excluding carboxylic acids is 2. The van der Waals surface area contributed by atoms with Crippen molar-refractivity contribution < 1.29 is 27.5 Å². The first-order valence-corrected chi connectivity index (χ1v) is 12.0. The van der Waals surface area contributed by atoms with Gasteiger partial charge in [0.25, 0.3) is 10.0 Å². The maximum absolute atomic E-state index is 13.0. The van der Waals surface area contributed by atoms with Gasteiger partial charge in [-0.2, -0.15) is 0 Å². The van der Waals surface area contributed by atoms with Crippen LogP contribution in [0.5, 0.6) is 11.5 Å². The van der Waals surface area contributed by atoms with E-state index in [0.29, 0.717) is 17.1 Å². The molecule has 1 unspecified atom stereocenters. The fourth-order valence-corrected chi connectivity index (χ4v) is 4.29. The number of anilines is 3. The molecule has 3 rings (SSSR count). The standard InChI is InChI=1S/C24H26N4O6S/c1-16(25-24(30)27-17-7-5-4-6-8-17)23(29)26-19-11-14-21(34-3)22(15-19)35(31,32)28-18-9-12-20(33-2)13-10-18/h4-16,28H,1-3H3,(H,26,29)(H2,25,27,30). The number of amides is 3. The lowest BCUT2D eigenvalue weighted by atomic mass is 10.2. The zero-order valence-corrected chi connectivity index (χ0v) is 20.2. The van der Waals surface area contributed by atoms with Gasteiger partial charge >= 0.3 is 6.03 Å². The lowest BCUT2D eigenvalue weighted by molar-refractivity contribution is -0.117. The van der Waals surface area contributed by atoms with Crippen molar-refractivity contribution in [3.05, 3.63) is 72.8 Å². The van der Waals surface area contributed by atoms with Crippen molar-refractivity contribution in [2.75, 3.05) is 29.6 Å². The SMILES string of the molecule is COc1ccc(NS(=O)(=O)c2cc(NC(=O)C(C)NC(=O)Nc3ccccc3)ccc2OC)cc1. The highest BCUT2D eigenvalue weighted by molar-refractivity contribution is 7.92. The molecule has 0 aromatic heterocycles. The molecule has 11 heteroatoms. The fourth-order valence-electron chi connectivity index (χ4n) is 3.04. The largest absolute Gasteiger partial charge is 0.497 e. The quantitative estimate of drug-likeness (QED) is 0.356. The molecule has 0 spiro atoms.